The summed E-state index contributed by atoms with van der Waals surface area (Å²) >= 11 is 0. The number of anilines is 2. The first kappa shape index (κ1) is 21.5. The molecule has 0 saturated carbocycles. The molecule has 172 valence electrons. The Morgan fingerprint density at radius 2 is 1.79 bits per heavy atom. The van der Waals surface area contributed by atoms with Crippen LogP contribution in [0, 0.1) is 0 Å². The monoisotopic (exact) mass is 455 g/mol. The van der Waals surface area contributed by atoms with Crippen molar-refractivity contribution in [3.8, 4) is 0 Å². The zero-order valence-corrected chi connectivity index (χ0v) is 18.5. The number of carbonyl (C=O) groups excluding carboxylic acids is 1. The molecule has 8 heteroatoms. The zero-order chi connectivity index (χ0) is 23.5. The van der Waals surface area contributed by atoms with Crippen molar-refractivity contribution < 1.29 is 14.7 Å². The second-order valence-electron chi connectivity index (χ2n) is 8.35. The molecule has 0 bridgehead atoms. The van der Waals surface area contributed by atoms with E-state index in [0.717, 1.165) is 24.1 Å². The number of nitrogens with zero attached hydrogens (tertiary/aromatic N) is 3. The van der Waals surface area contributed by atoms with E-state index in [4.69, 9.17) is 0 Å². The van der Waals surface area contributed by atoms with Gasteiger partial charge in [-0.25, -0.2) is 9.59 Å². The van der Waals surface area contributed by atoms with Crippen LogP contribution in [-0.4, -0.2) is 39.6 Å². The van der Waals surface area contributed by atoms with Crippen LogP contribution in [-0.2, 0) is 13.0 Å². The van der Waals surface area contributed by atoms with E-state index in [1.165, 1.54) is 23.0 Å². The predicted octanol–water partition coefficient (Wildman–Crippen LogP) is 4.71. The van der Waals surface area contributed by atoms with Crippen LogP contribution < -0.4 is 15.5 Å². The van der Waals surface area contributed by atoms with E-state index in [0.29, 0.717) is 23.1 Å². The molecule has 3 N–H and O–H groups in total. The molecule has 2 heterocycles. The van der Waals surface area contributed by atoms with Gasteiger partial charge in [-0.2, -0.15) is 9.78 Å². The Kier molecular flexibility index (Phi) is 5.86. The van der Waals surface area contributed by atoms with Crippen LogP contribution in [0.3, 0.4) is 0 Å². The smallest absolute Gasteiger partial charge is 0.432 e. The van der Waals surface area contributed by atoms with Gasteiger partial charge in [0.05, 0.1) is 17.4 Å². The molecule has 1 aliphatic rings. The Labute approximate surface area is 196 Å². The third-order valence-electron chi connectivity index (χ3n) is 6.23. The largest absolute Gasteiger partial charge is 0.463 e. The molecule has 1 aromatic heterocycles. The van der Waals surface area contributed by atoms with Gasteiger partial charge in [0.25, 0.3) is 0 Å². The van der Waals surface area contributed by atoms with Crippen LogP contribution in [0.5, 0.6) is 0 Å². The van der Waals surface area contributed by atoms with Crippen molar-refractivity contribution in [2.45, 2.75) is 25.4 Å². The standard InChI is InChI=1S/C26H25N5O3/c32-25(29-22-10-6-12-24-21(22)16-28-31(24)26(33)34)27-15-20-14-13-19-9-4-5-11-23(19)30(20)17-18-7-2-1-3-8-18/h1-12,16,20H,13-15,17H2,(H,33,34)(H2,27,29,32). The molecule has 34 heavy (non-hydrogen) atoms. The summed E-state index contributed by atoms with van der Waals surface area (Å²) in [5, 5.41) is 19.6. The quantitative estimate of drug-likeness (QED) is 0.405. The lowest BCUT2D eigenvalue weighted by atomic mass is 9.95. The minimum absolute atomic E-state index is 0.145. The Morgan fingerprint density at radius 1 is 1.00 bits per heavy atom. The first-order valence-electron chi connectivity index (χ1n) is 11.2. The van der Waals surface area contributed by atoms with Gasteiger partial charge in [0.15, 0.2) is 0 Å². The number of carboxylic acid groups (broad SMARTS) is 1. The molecule has 0 spiro atoms. The molecular weight excluding hydrogens is 430 g/mol. The summed E-state index contributed by atoms with van der Waals surface area (Å²) in [5.74, 6) is 0. The van der Waals surface area contributed by atoms with Gasteiger partial charge >= 0.3 is 12.1 Å². The molecule has 8 nitrogen and oxygen atoms in total. The van der Waals surface area contributed by atoms with Gasteiger partial charge in [-0.1, -0.05) is 54.6 Å². The van der Waals surface area contributed by atoms with Crippen LogP contribution in [0.15, 0.2) is 79.0 Å². The summed E-state index contributed by atoms with van der Waals surface area (Å²) < 4.78 is 0.888. The number of fused-ring (bicyclic) bond motifs is 2. The SMILES string of the molecule is O=C(NCC1CCc2ccccc2N1Cc1ccccc1)Nc1cccc2c1cnn2C(=O)O. The van der Waals surface area contributed by atoms with Crippen LogP contribution in [0.1, 0.15) is 17.5 Å². The molecule has 0 aliphatic carbocycles. The number of para-hydroxylation sites is 1. The first-order valence-corrected chi connectivity index (χ1v) is 11.2. The number of rotatable bonds is 5. The lowest BCUT2D eigenvalue weighted by Crippen LogP contribution is -2.47. The highest BCUT2D eigenvalue weighted by Gasteiger charge is 2.26. The maximum Gasteiger partial charge on any atom is 0.432 e. The predicted molar refractivity (Wildman–Crippen MR) is 131 cm³/mol. The van der Waals surface area contributed by atoms with Gasteiger partial charge in [-0.15, -0.1) is 0 Å². The highest BCUT2D eigenvalue weighted by Crippen LogP contribution is 2.32. The summed E-state index contributed by atoms with van der Waals surface area (Å²) in [6.07, 6.45) is 2.17. The number of benzene rings is 3. The molecule has 4 aromatic rings. The van der Waals surface area contributed by atoms with Gasteiger partial charge in [-0.05, 0) is 42.2 Å². The van der Waals surface area contributed by atoms with Crippen molar-refractivity contribution >= 4 is 34.4 Å². The third kappa shape index (κ3) is 4.30. The topological polar surface area (TPSA) is 99.5 Å². The van der Waals surface area contributed by atoms with Gasteiger partial charge in [-0.3, -0.25) is 0 Å². The average molecular weight is 456 g/mol. The minimum Gasteiger partial charge on any atom is -0.463 e. The van der Waals surface area contributed by atoms with E-state index in [1.807, 2.05) is 18.2 Å². The number of hydrogen-bond donors (Lipinski definition) is 3. The molecule has 5 rings (SSSR count). The first-order chi connectivity index (χ1) is 16.6. The Bertz CT molecular complexity index is 1330. The van der Waals surface area contributed by atoms with Crippen molar-refractivity contribution in [2.24, 2.45) is 0 Å². The average Bonchev–Trinajstić information content (AvgIpc) is 3.30. The fraction of sp³-hybridized carbons (Fsp3) is 0.192. The molecule has 1 aliphatic heterocycles. The molecule has 3 aromatic carbocycles. The molecular formula is C26H25N5O3. The Balaban J connectivity index is 1.30. The maximum absolute atomic E-state index is 12.8. The Morgan fingerprint density at radius 3 is 2.62 bits per heavy atom. The number of hydrogen-bond acceptors (Lipinski definition) is 4. The molecule has 0 radical (unpaired) electrons. The van der Waals surface area contributed by atoms with Gasteiger partial charge in [0, 0.05) is 30.2 Å². The van der Waals surface area contributed by atoms with Crippen molar-refractivity contribution in [2.75, 3.05) is 16.8 Å². The molecule has 1 atom stereocenters. The fourth-order valence-electron chi connectivity index (χ4n) is 4.57. The van der Waals surface area contributed by atoms with Crippen molar-refractivity contribution in [1.82, 2.24) is 15.1 Å². The molecule has 2 amide bonds. The highest BCUT2D eigenvalue weighted by atomic mass is 16.4. The second-order valence-corrected chi connectivity index (χ2v) is 8.35. The van der Waals surface area contributed by atoms with E-state index >= 15 is 0 Å². The van der Waals surface area contributed by atoms with E-state index in [1.54, 1.807) is 18.2 Å². The summed E-state index contributed by atoms with van der Waals surface area (Å²) in [6.45, 7) is 1.25. The van der Waals surface area contributed by atoms with E-state index in [2.05, 4.69) is 57.0 Å². The van der Waals surface area contributed by atoms with Crippen LogP contribution in [0.2, 0.25) is 0 Å². The number of aromatic nitrogens is 2. The van der Waals surface area contributed by atoms with E-state index in [9.17, 15) is 14.7 Å². The van der Waals surface area contributed by atoms with Gasteiger partial charge in [0.2, 0.25) is 0 Å². The van der Waals surface area contributed by atoms with E-state index < -0.39 is 6.09 Å². The van der Waals surface area contributed by atoms with Crippen LogP contribution in [0.25, 0.3) is 10.9 Å². The number of aryl methyl sites for hydroxylation is 1. The maximum atomic E-state index is 12.8. The lowest BCUT2D eigenvalue weighted by molar-refractivity contribution is 0.194. The highest BCUT2D eigenvalue weighted by molar-refractivity contribution is 6.02. The zero-order valence-electron chi connectivity index (χ0n) is 18.5. The van der Waals surface area contributed by atoms with E-state index in [-0.39, 0.29) is 12.1 Å². The van der Waals surface area contributed by atoms with Gasteiger partial charge < -0.3 is 20.6 Å². The number of carbonyl (C=O) groups is 2. The summed E-state index contributed by atoms with van der Waals surface area (Å²) in [6, 6.07) is 23.6. The van der Waals surface area contributed by atoms with Crippen molar-refractivity contribution in [1.29, 1.82) is 0 Å². The number of nitrogens with one attached hydrogen (secondary N) is 2. The van der Waals surface area contributed by atoms with Crippen LogP contribution >= 0.6 is 0 Å². The van der Waals surface area contributed by atoms with Crippen molar-refractivity contribution in [3.63, 3.8) is 0 Å². The molecule has 0 saturated heterocycles. The lowest BCUT2D eigenvalue weighted by Gasteiger charge is -2.39. The fourth-order valence-corrected chi connectivity index (χ4v) is 4.57. The van der Waals surface area contributed by atoms with Crippen molar-refractivity contribution in [3.05, 3.63) is 90.1 Å². The number of urea groups is 1. The summed E-state index contributed by atoms with van der Waals surface area (Å²) in [5.41, 5.74) is 4.67. The Hall–Kier alpha value is -4.33. The van der Waals surface area contributed by atoms with Crippen LogP contribution in [0.4, 0.5) is 21.0 Å². The normalized spacial score (nSPS) is 15.1. The minimum atomic E-state index is -1.17. The summed E-state index contributed by atoms with van der Waals surface area (Å²) in [7, 11) is 0. The molecule has 0 fully saturated rings. The summed E-state index contributed by atoms with van der Waals surface area (Å²) in [4.78, 5) is 26.5. The number of amides is 2. The second kappa shape index (κ2) is 9.27. The third-order valence-corrected chi connectivity index (χ3v) is 6.23. The van der Waals surface area contributed by atoms with Gasteiger partial charge in [0.1, 0.15) is 0 Å². The molecule has 1 unspecified atom stereocenters.